The number of hydrogen-bond donors (Lipinski definition) is 2. The number of rotatable bonds is 4. The summed E-state index contributed by atoms with van der Waals surface area (Å²) < 4.78 is 0. The van der Waals surface area contributed by atoms with E-state index in [2.05, 4.69) is 26.6 Å². The smallest absolute Gasteiger partial charge is 0.224 e. The van der Waals surface area contributed by atoms with Gasteiger partial charge in [0.2, 0.25) is 5.91 Å². The van der Waals surface area contributed by atoms with Crippen LogP contribution in [-0.4, -0.2) is 38.1 Å². The van der Waals surface area contributed by atoms with Gasteiger partial charge in [-0.05, 0) is 26.0 Å². The zero-order chi connectivity index (χ0) is 13.7. The second-order valence-corrected chi connectivity index (χ2v) is 4.92. The van der Waals surface area contributed by atoms with Gasteiger partial charge in [-0.2, -0.15) is 0 Å². The molecule has 1 atom stereocenters. The van der Waals surface area contributed by atoms with Gasteiger partial charge in [-0.25, -0.2) is 4.98 Å². The summed E-state index contributed by atoms with van der Waals surface area (Å²) in [6.07, 6.45) is 3.82. The standard InChI is InChI=1S/C14H22N4O/c1-15-9-11-5-3-7-17-13(11)18-8-4-6-12(10-18)14(19)16-2/h3,5,7,12,15H,4,6,8-10H2,1-2H3,(H,16,19). The molecule has 2 heterocycles. The van der Waals surface area contributed by atoms with Crippen molar-refractivity contribution in [1.82, 2.24) is 15.6 Å². The molecule has 5 nitrogen and oxygen atoms in total. The summed E-state index contributed by atoms with van der Waals surface area (Å²) in [4.78, 5) is 18.5. The number of amides is 1. The number of hydrogen-bond acceptors (Lipinski definition) is 4. The zero-order valence-electron chi connectivity index (χ0n) is 11.6. The molecule has 0 bridgehead atoms. The van der Waals surface area contributed by atoms with Crippen LogP contribution in [0.1, 0.15) is 18.4 Å². The molecule has 0 saturated carbocycles. The van der Waals surface area contributed by atoms with Gasteiger partial charge < -0.3 is 15.5 Å². The third kappa shape index (κ3) is 3.23. The van der Waals surface area contributed by atoms with Gasteiger partial charge in [0, 0.05) is 38.4 Å². The van der Waals surface area contributed by atoms with Gasteiger partial charge in [0.05, 0.1) is 5.92 Å². The molecule has 5 heteroatoms. The van der Waals surface area contributed by atoms with E-state index in [1.807, 2.05) is 19.3 Å². The first-order valence-electron chi connectivity index (χ1n) is 6.81. The molecule has 1 amide bonds. The molecule has 1 saturated heterocycles. The SMILES string of the molecule is CNCc1cccnc1N1CCCC(C(=O)NC)C1. The number of pyridine rings is 1. The molecule has 104 valence electrons. The van der Waals surface area contributed by atoms with Crippen molar-refractivity contribution < 1.29 is 4.79 Å². The Morgan fingerprint density at radius 2 is 2.37 bits per heavy atom. The molecule has 0 aliphatic carbocycles. The zero-order valence-corrected chi connectivity index (χ0v) is 11.6. The number of carbonyl (C=O) groups is 1. The van der Waals surface area contributed by atoms with E-state index < -0.39 is 0 Å². The third-order valence-electron chi connectivity index (χ3n) is 3.57. The fourth-order valence-electron chi connectivity index (χ4n) is 2.63. The van der Waals surface area contributed by atoms with Gasteiger partial charge in [-0.3, -0.25) is 4.79 Å². The van der Waals surface area contributed by atoms with Crippen molar-refractivity contribution in [2.24, 2.45) is 5.92 Å². The Balaban J connectivity index is 2.15. The average molecular weight is 262 g/mol. The minimum atomic E-state index is 0.0724. The van der Waals surface area contributed by atoms with Crippen LogP contribution in [-0.2, 0) is 11.3 Å². The number of anilines is 1. The summed E-state index contributed by atoms with van der Waals surface area (Å²) in [6.45, 7) is 2.53. The topological polar surface area (TPSA) is 57.3 Å². The maximum Gasteiger partial charge on any atom is 0.224 e. The van der Waals surface area contributed by atoms with Crippen molar-refractivity contribution >= 4 is 11.7 Å². The van der Waals surface area contributed by atoms with Crippen LogP contribution in [0.2, 0.25) is 0 Å². The molecule has 19 heavy (non-hydrogen) atoms. The molecule has 1 aliphatic heterocycles. The highest BCUT2D eigenvalue weighted by Gasteiger charge is 2.26. The second-order valence-electron chi connectivity index (χ2n) is 4.92. The van der Waals surface area contributed by atoms with Crippen LogP contribution in [0, 0.1) is 5.92 Å². The first-order valence-corrected chi connectivity index (χ1v) is 6.81. The molecule has 0 radical (unpaired) electrons. The predicted octanol–water partition coefficient (Wildman–Crippen LogP) is 0.763. The lowest BCUT2D eigenvalue weighted by Gasteiger charge is -2.33. The van der Waals surface area contributed by atoms with Gasteiger partial charge in [0.1, 0.15) is 5.82 Å². The Bertz CT molecular complexity index is 435. The van der Waals surface area contributed by atoms with Gasteiger partial charge in [-0.15, -0.1) is 0 Å². The van der Waals surface area contributed by atoms with Crippen molar-refractivity contribution in [3.05, 3.63) is 23.9 Å². The summed E-state index contributed by atoms with van der Waals surface area (Å²) in [6, 6.07) is 4.04. The lowest BCUT2D eigenvalue weighted by molar-refractivity contribution is -0.124. The highest BCUT2D eigenvalue weighted by Crippen LogP contribution is 2.24. The summed E-state index contributed by atoms with van der Waals surface area (Å²) in [5.74, 6) is 1.21. The maximum atomic E-state index is 11.8. The third-order valence-corrected chi connectivity index (χ3v) is 3.57. The highest BCUT2D eigenvalue weighted by atomic mass is 16.1. The molecule has 0 aromatic carbocycles. The van der Waals surface area contributed by atoms with Crippen LogP contribution < -0.4 is 15.5 Å². The predicted molar refractivity (Wildman–Crippen MR) is 76.0 cm³/mol. The first-order chi connectivity index (χ1) is 9.26. The lowest BCUT2D eigenvalue weighted by Crippen LogP contribution is -2.43. The van der Waals surface area contributed by atoms with E-state index in [1.54, 1.807) is 7.05 Å². The summed E-state index contributed by atoms with van der Waals surface area (Å²) in [7, 11) is 3.63. The number of nitrogens with zero attached hydrogens (tertiary/aromatic N) is 2. The molecule has 2 N–H and O–H groups in total. The molecule has 1 fully saturated rings. The van der Waals surface area contributed by atoms with Crippen LogP contribution >= 0.6 is 0 Å². The van der Waals surface area contributed by atoms with Crippen LogP contribution in [0.15, 0.2) is 18.3 Å². The Labute approximate surface area is 114 Å². The highest BCUT2D eigenvalue weighted by molar-refractivity contribution is 5.79. The Morgan fingerprint density at radius 1 is 1.53 bits per heavy atom. The number of nitrogens with one attached hydrogen (secondary N) is 2. The second kappa shape index (κ2) is 6.52. The minimum absolute atomic E-state index is 0.0724. The molecule has 1 aromatic rings. The van der Waals surface area contributed by atoms with E-state index in [4.69, 9.17) is 0 Å². The average Bonchev–Trinajstić information content (AvgIpc) is 2.47. The van der Waals surface area contributed by atoms with Crippen molar-refractivity contribution in [1.29, 1.82) is 0 Å². The quantitative estimate of drug-likeness (QED) is 0.841. The summed E-state index contributed by atoms with van der Waals surface area (Å²) in [5.41, 5.74) is 1.18. The van der Waals surface area contributed by atoms with Crippen LogP contribution in [0.25, 0.3) is 0 Å². The minimum Gasteiger partial charge on any atom is -0.359 e. The lowest BCUT2D eigenvalue weighted by atomic mass is 9.97. The molecular weight excluding hydrogens is 240 g/mol. The van der Waals surface area contributed by atoms with E-state index in [9.17, 15) is 4.79 Å². The van der Waals surface area contributed by atoms with E-state index in [0.29, 0.717) is 0 Å². The van der Waals surface area contributed by atoms with Gasteiger partial charge in [0.25, 0.3) is 0 Å². The van der Waals surface area contributed by atoms with Crippen molar-refractivity contribution in [3.8, 4) is 0 Å². The number of carbonyl (C=O) groups excluding carboxylic acids is 1. The van der Waals surface area contributed by atoms with Gasteiger partial charge in [0.15, 0.2) is 0 Å². The van der Waals surface area contributed by atoms with Crippen molar-refractivity contribution in [2.45, 2.75) is 19.4 Å². The number of piperidine rings is 1. The van der Waals surface area contributed by atoms with Gasteiger partial charge in [-0.1, -0.05) is 6.07 Å². The fraction of sp³-hybridized carbons (Fsp3) is 0.571. The Kier molecular flexibility index (Phi) is 4.74. The molecule has 1 unspecified atom stereocenters. The molecule has 1 aliphatic rings. The largest absolute Gasteiger partial charge is 0.359 e. The fourth-order valence-corrected chi connectivity index (χ4v) is 2.63. The maximum absolute atomic E-state index is 11.8. The van der Waals surface area contributed by atoms with E-state index in [1.165, 1.54) is 5.56 Å². The van der Waals surface area contributed by atoms with E-state index >= 15 is 0 Å². The van der Waals surface area contributed by atoms with Gasteiger partial charge >= 0.3 is 0 Å². The molecule has 1 aromatic heterocycles. The van der Waals surface area contributed by atoms with Crippen LogP contribution in [0.3, 0.4) is 0 Å². The van der Waals surface area contributed by atoms with Crippen LogP contribution in [0.5, 0.6) is 0 Å². The molecule has 0 spiro atoms. The van der Waals surface area contributed by atoms with Crippen molar-refractivity contribution in [3.63, 3.8) is 0 Å². The molecule has 2 rings (SSSR count). The normalized spacial score (nSPS) is 19.3. The Morgan fingerprint density at radius 3 is 3.11 bits per heavy atom. The number of aromatic nitrogens is 1. The first kappa shape index (κ1) is 13.8. The monoisotopic (exact) mass is 262 g/mol. The summed E-state index contributed by atoms with van der Waals surface area (Å²) >= 11 is 0. The van der Waals surface area contributed by atoms with E-state index in [0.717, 1.165) is 38.3 Å². The Hall–Kier alpha value is -1.62. The van der Waals surface area contributed by atoms with Crippen molar-refractivity contribution in [2.75, 3.05) is 32.1 Å². The molecular formula is C14H22N4O. The van der Waals surface area contributed by atoms with E-state index in [-0.39, 0.29) is 11.8 Å². The summed E-state index contributed by atoms with van der Waals surface area (Å²) in [5, 5.41) is 5.91. The van der Waals surface area contributed by atoms with Crippen LogP contribution in [0.4, 0.5) is 5.82 Å².